The van der Waals surface area contributed by atoms with E-state index in [1.54, 1.807) is 7.11 Å². The van der Waals surface area contributed by atoms with E-state index in [2.05, 4.69) is 5.32 Å². The maximum absolute atomic E-state index is 12.4. The first-order valence-electron chi connectivity index (χ1n) is 4.90. The lowest BCUT2D eigenvalue weighted by Crippen LogP contribution is -2.46. The van der Waals surface area contributed by atoms with Crippen LogP contribution >= 0.6 is 0 Å². The molecule has 0 aromatic rings. The molecule has 0 radical (unpaired) electrons. The van der Waals surface area contributed by atoms with E-state index in [0.717, 1.165) is 0 Å². The third-order valence-electron chi connectivity index (χ3n) is 2.43. The number of rotatable bonds is 7. The Morgan fingerprint density at radius 3 is 2.33 bits per heavy atom. The van der Waals surface area contributed by atoms with Crippen LogP contribution in [-0.4, -0.2) is 45.2 Å². The molecule has 1 saturated carbocycles. The molecule has 15 heavy (non-hydrogen) atoms. The van der Waals surface area contributed by atoms with E-state index in [1.807, 2.05) is 0 Å². The van der Waals surface area contributed by atoms with E-state index >= 15 is 0 Å². The highest BCUT2D eigenvalue weighted by atomic mass is 19.4. The van der Waals surface area contributed by atoms with Gasteiger partial charge in [-0.25, -0.2) is 0 Å². The first kappa shape index (κ1) is 12.7. The van der Waals surface area contributed by atoms with Crippen LogP contribution in [0.1, 0.15) is 12.8 Å². The zero-order chi connectivity index (χ0) is 11.4. The van der Waals surface area contributed by atoms with Crippen LogP contribution in [0.2, 0.25) is 0 Å². The number of hydrogen-bond acceptors (Lipinski definition) is 3. The molecule has 0 bridgehead atoms. The summed E-state index contributed by atoms with van der Waals surface area (Å²) in [6.07, 6.45) is -3.79. The first-order chi connectivity index (χ1) is 7.02. The predicted octanol–water partition coefficient (Wildman–Crippen LogP) is 1.33. The van der Waals surface area contributed by atoms with Crippen LogP contribution in [0.4, 0.5) is 13.2 Å². The topological polar surface area (TPSA) is 30.5 Å². The molecule has 1 N–H and O–H groups in total. The normalized spacial score (nSPS) is 19.2. The molecule has 6 heteroatoms. The van der Waals surface area contributed by atoms with Crippen molar-refractivity contribution in [2.75, 3.05) is 33.5 Å². The van der Waals surface area contributed by atoms with Gasteiger partial charge in [-0.2, -0.15) is 13.2 Å². The molecule has 0 aromatic carbocycles. The maximum Gasteiger partial charge on any atom is 0.406 e. The van der Waals surface area contributed by atoms with Crippen molar-refractivity contribution < 1.29 is 22.6 Å². The van der Waals surface area contributed by atoms with Crippen LogP contribution < -0.4 is 5.32 Å². The molecule has 0 atom stereocenters. The van der Waals surface area contributed by atoms with Gasteiger partial charge in [0, 0.05) is 13.7 Å². The lowest BCUT2D eigenvalue weighted by Gasteiger charge is -2.20. The van der Waals surface area contributed by atoms with Crippen LogP contribution in [0.3, 0.4) is 0 Å². The minimum Gasteiger partial charge on any atom is -0.382 e. The monoisotopic (exact) mass is 227 g/mol. The van der Waals surface area contributed by atoms with Crippen molar-refractivity contribution >= 4 is 0 Å². The summed E-state index contributed by atoms with van der Waals surface area (Å²) in [7, 11) is 1.55. The molecule has 0 saturated heterocycles. The average Bonchev–Trinajstić information content (AvgIpc) is 2.91. The van der Waals surface area contributed by atoms with Gasteiger partial charge in [0.1, 0.15) is 5.54 Å². The van der Waals surface area contributed by atoms with Gasteiger partial charge in [-0.3, -0.25) is 0 Å². The van der Waals surface area contributed by atoms with Gasteiger partial charge in [-0.05, 0) is 12.8 Å². The molecule has 1 rings (SSSR count). The average molecular weight is 227 g/mol. The molecule has 0 heterocycles. The molecule has 0 amide bonds. The summed E-state index contributed by atoms with van der Waals surface area (Å²) < 4.78 is 47.0. The van der Waals surface area contributed by atoms with E-state index in [-0.39, 0.29) is 26.0 Å². The van der Waals surface area contributed by atoms with E-state index in [0.29, 0.717) is 13.2 Å². The fourth-order valence-electron chi connectivity index (χ4n) is 1.29. The second kappa shape index (κ2) is 5.14. The molecular formula is C9H16F3NO2. The van der Waals surface area contributed by atoms with Crippen molar-refractivity contribution in [3.8, 4) is 0 Å². The molecular weight excluding hydrogens is 211 g/mol. The molecule has 90 valence electrons. The Morgan fingerprint density at radius 2 is 1.87 bits per heavy atom. The second-order valence-electron chi connectivity index (χ2n) is 3.61. The number of hydrogen-bond donors (Lipinski definition) is 1. The van der Waals surface area contributed by atoms with Crippen LogP contribution in [0.15, 0.2) is 0 Å². The fourth-order valence-corrected chi connectivity index (χ4v) is 1.29. The molecule has 0 aromatic heterocycles. The molecule has 1 aliphatic carbocycles. The minimum absolute atomic E-state index is 0.175. The van der Waals surface area contributed by atoms with Gasteiger partial charge in [-0.1, -0.05) is 0 Å². The summed E-state index contributed by atoms with van der Waals surface area (Å²) in [4.78, 5) is 0. The Kier molecular flexibility index (Phi) is 4.36. The summed E-state index contributed by atoms with van der Waals surface area (Å²) in [6, 6.07) is 0. The van der Waals surface area contributed by atoms with Crippen LogP contribution in [0.25, 0.3) is 0 Å². The van der Waals surface area contributed by atoms with Gasteiger partial charge in [0.15, 0.2) is 0 Å². The van der Waals surface area contributed by atoms with Crippen LogP contribution in [0, 0.1) is 0 Å². The summed E-state index contributed by atoms with van der Waals surface area (Å²) in [5, 5.41) is 2.50. The lowest BCUT2D eigenvalue weighted by molar-refractivity contribution is -0.166. The van der Waals surface area contributed by atoms with Crippen LogP contribution in [0.5, 0.6) is 0 Å². The lowest BCUT2D eigenvalue weighted by atomic mass is 10.2. The standard InChI is InChI=1S/C9H16F3NO2/c1-14-6-7-15-5-4-13-8(2-3-8)9(10,11)12/h13H,2-7H2,1H3. The minimum atomic E-state index is -4.14. The Morgan fingerprint density at radius 1 is 1.20 bits per heavy atom. The highest BCUT2D eigenvalue weighted by Gasteiger charge is 2.62. The van der Waals surface area contributed by atoms with Crippen molar-refractivity contribution in [1.29, 1.82) is 0 Å². The molecule has 0 aliphatic heterocycles. The van der Waals surface area contributed by atoms with Crippen molar-refractivity contribution in [3.05, 3.63) is 0 Å². The van der Waals surface area contributed by atoms with E-state index in [4.69, 9.17) is 9.47 Å². The number of methoxy groups -OCH3 is 1. The third kappa shape index (κ3) is 3.62. The fraction of sp³-hybridized carbons (Fsp3) is 1.00. The third-order valence-corrected chi connectivity index (χ3v) is 2.43. The Balaban J connectivity index is 2.05. The molecule has 1 aliphatic rings. The quantitative estimate of drug-likeness (QED) is 0.666. The van der Waals surface area contributed by atoms with Crippen molar-refractivity contribution in [2.24, 2.45) is 0 Å². The first-order valence-corrected chi connectivity index (χ1v) is 4.90. The zero-order valence-electron chi connectivity index (χ0n) is 8.69. The number of ether oxygens (including phenoxy) is 2. The number of halogens is 3. The highest BCUT2D eigenvalue weighted by Crippen LogP contribution is 2.48. The highest BCUT2D eigenvalue weighted by molar-refractivity contribution is 5.07. The van der Waals surface area contributed by atoms with Gasteiger partial charge in [0.2, 0.25) is 0 Å². The summed E-state index contributed by atoms with van der Waals surface area (Å²) >= 11 is 0. The Bertz CT molecular complexity index is 192. The second-order valence-corrected chi connectivity index (χ2v) is 3.61. The van der Waals surface area contributed by atoms with Gasteiger partial charge < -0.3 is 14.8 Å². The molecule has 1 fully saturated rings. The summed E-state index contributed by atoms with van der Waals surface area (Å²) in [5.41, 5.74) is -1.63. The van der Waals surface area contributed by atoms with Crippen molar-refractivity contribution in [2.45, 2.75) is 24.6 Å². The zero-order valence-corrected chi connectivity index (χ0v) is 8.69. The van der Waals surface area contributed by atoms with E-state index < -0.39 is 11.7 Å². The number of nitrogens with one attached hydrogen (secondary N) is 1. The van der Waals surface area contributed by atoms with E-state index in [1.165, 1.54) is 0 Å². The predicted molar refractivity (Wildman–Crippen MR) is 48.7 cm³/mol. The molecule has 0 unspecified atom stereocenters. The van der Waals surface area contributed by atoms with Gasteiger partial charge in [-0.15, -0.1) is 0 Å². The van der Waals surface area contributed by atoms with E-state index in [9.17, 15) is 13.2 Å². The van der Waals surface area contributed by atoms with Gasteiger partial charge in [0.05, 0.1) is 19.8 Å². The summed E-state index contributed by atoms with van der Waals surface area (Å²) in [6.45, 7) is 1.38. The Labute approximate surface area is 86.9 Å². The van der Waals surface area contributed by atoms with Crippen molar-refractivity contribution in [3.63, 3.8) is 0 Å². The van der Waals surface area contributed by atoms with Crippen molar-refractivity contribution in [1.82, 2.24) is 5.32 Å². The number of alkyl halides is 3. The SMILES string of the molecule is COCCOCCNC1(C(F)(F)F)CC1. The summed E-state index contributed by atoms with van der Waals surface area (Å²) in [5.74, 6) is 0. The molecule has 3 nitrogen and oxygen atoms in total. The van der Waals surface area contributed by atoms with Crippen LogP contribution in [-0.2, 0) is 9.47 Å². The maximum atomic E-state index is 12.4. The van der Waals surface area contributed by atoms with Gasteiger partial charge >= 0.3 is 6.18 Å². The molecule has 0 spiro atoms. The largest absolute Gasteiger partial charge is 0.406 e. The van der Waals surface area contributed by atoms with Gasteiger partial charge in [0.25, 0.3) is 0 Å². The smallest absolute Gasteiger partial charge is 0.382 e. The Hall–Kier alpha value is -0.330.